The number of allylic oxidation sites excluding steroid dienone is 14. The molecule has 5 aliphatic carbocycles. The van der Waals surface area contributed by atoms with Gasteiger partial charge in [-0.3, -0.25) is 0 Å². The molecule has 0 amide bonds. The highest BCUT2D eigenvalue weighted by molar-refractivity contribution is 6.78. The summed E-state index contributed by atoms with van der Waals surface area (Å²) in [7, 11) is 0. The Kier molecular flexibility index (Phi) is 10.8. The second kappa shape index (κ2) is 15.6. The van der Waals surface area contributed by atoms with Gasteiger partial charge in [-0.15, -0.1) is 0 Å². The van der Waals surface area contributed by atoms with Crippen LogP contribution in [-0.2, 0) is 5.41 Å². The maximum Gasteiger partial charge on any atom is 0.221 e. The Balaban J connectivity index is 1.34. The molecule has 1 fully saturated rings. The Morgan fingerprint density at radius 2 is 1.25 bits per heavy atom. The normalized spacial score (nSPS) is 26.4. The van der Waals surface area contributed by atoms with Crippen LogP contribution in [0.2, 0.25) is 5.82 Å². The molecule has 0 spiro atoms. The first-order valence-electron chi connectivity index (χ1n) is 24.4. The Hall–Kier alpha value is -4.50. The molecule has 5 unspecified atom stereocenters. The lowest BCUT2D eigenvalue weighted by atomic mass is 9.25. The molecule has 0 bridgehead atoms. The summed E-state index contributed by atoms with van der Waals surface area (Å²) in [6, 6.07) is 23.4. The molecule has 2 nitrogen and oxygen atoms in total. The molecule has 328 valence electrons. The molecule has 2 aromatic rings. The van der Waals surface area contributed by atoms with E-state index >= 15 is 0 Å². The zero-order valence-corrected chi connectivity index (χ0v) is 41.0. The molecule has 2 aliphatic heterocycles. The first-order chi connectivity index (χ1) is 29.7. The molecule has 0 radical (unpaired) electrons. The molecule has 2 heterocycles. The molecule has 0 saturated carbocycles. The van der Waals surface area contributed by atoms with E-state index in [9.17, 15) is 0 Å². The van der Waals surface area contributed by atoms with Crippen molar-refractivity contribution in [3.63, 3.8) is 0 Å². The Morgan fingerprint density at radius 1 is 0.603 bits per heavy atom. The van der Waals surface area contributed by atoms with Gasteiger partial charge >= 0.3 is 0 Å². The molecule has 9 rings (SSSR count). The fourth-order valence-electron chi connectivity index (χ4n) is 12.1. The quantitative estimate of drug-likeness (QED) is 0.277. The topological polar surface area (TPSA) is 6.48 Å². The van der Waals surface area contributed by atoms with Crippen LogP contribution in [0.25, 0.3) is 0 Å². The van der Waals surface area contributed by atoms with Crippen LogP contribution in [0.1, 0.15) is 133 Å². The van der Waals surface area contributed by atoms with Gasteiger partial charge in [-0.25, -0.2) is 0 Å². The van der Waals surface area contributed by atoms with E-state index < -0.39 is 0 Å². The van der Waals surface area contributed by atoms with Crippen LogP contribution >= 0.6 is 0 Å². The van der Waals surface area contributed by atoms with Gasteiger partial charge in [0.2, 0.25) is 6.71 Å². The molecule has 2 aromatic carbocycles. The van der Waals surface area contributed by atoms with Gasteiger partial charge in [0.05, 0.1) is 12.1 Å². The second-order valence-electron chi connectivity index (χ2n) is 24.3. The first kappa shape index (κ1) is 43.7. The van der Waals surface area contributed by atoms with Crippen LogP contribution in [0.3, 0.4) is 0 Å². The van der Waals surface area contributed by atoms with Crippen molar-refractivity contribution >= 4 is 6.71 Å². The van der Waals surface area contributed by atoms with Gasteiger partial charge in [-0.1, -0.05) is 216 Å². The van der Waals surface area contributed by atoms with Crippen molar-refractivity contribution in [2.24, 2.45) is 33.5 Å². The SMILES string of the molecule is CC(C)(C)C1=CCC2C(=C1)B1C3=C(CC(C(C)(c4ccccc4)c4ccccc4)C=C3N(C3=CC=C(C(C)(C)C)CC3)C3C=CC(C(C)(C)C)=CC13)N2C1=CCC(C(C)(C)C)C=C1. The van der Waals surface area contributed by atoms with Gasteiger partial charge in [0.1, 0.15) is 0 Å². The highest BCUT2D eigenvalue weighted by atomic mass is 15.2. The van der Waals surface area contributed by atoms with Crippen molar-refractivity contribution in [2.45, 2.75) is 145 Å². The van der Waals surface area contributed by atoms with Gasteiger partial charge in [-0.2, -0.15) is 0 Å². The summed E-state index contributed by atoms with van der Waals surface area (Å²) in [6.45, 7) is 31.6. The van der Waals surface area contributed by atoms with Crippen LogP contribution in [0.4, 0.5) is 0 Å². The van der Waals surface area contributed by atoms with Crippen molar-refractivity contribution < 1.29 is 0 Å². The second-order valence-corrected chi connectivity index (χ2v) is 24.3. The monoisotopic (exact) mass is 835 g/mol. The van der Waals surface area contributed by atoms with E-state index in [-0.39, 0.29) is 51.8 Å². The molecule has 5 atom stereocenters. The number of fused-ring (bicyclic) bond motifs is 4. The lowest BCUT2D eigenvalue weighted by molar-refractivity contribution is 0.265. The Morgan fingerprint density at radius 3 is 1.79 bits per heavy atom. The number of hydrogen-bond donors (Lipinski definition) is 0. The molecule has 63 heavy (non-hydrogen) atoms. The number of benzene rings is 2. The summed E-state index contributed by atoms with van der Waals surface area (Å²) < 4.78 is 0. The van der Waals surface area contributed by atoms with Crippen LogP contribution in [0, 0.1) is 33.5 Å². The minimum Gasteiger partial charge on any atom is -0.339 e. The van der Waals surface area contributed by atoms with Crippen molar-refractivity contribution in [3.05, 3.63) is 189 Å². The van der Waals surface area contributed by atoms with E-state index in [1.165, 1.54) is 39.4 Å². The van der Waals surface area contributed by atoms with E-state index in [1.54, 1.807) is 22.2 Å². The fraction of sp³-hybridized carbons (Fsp3) is 0.467. The summed E-state index contributed by atoms with van der Waals surface area (Å²) in [5, 5.41) is 0. The summed E-state index contributed by atoms with van der Waals surface area (Å²) >= 11 is 0. The van der Waals surface area contributed by atoms with Crippen LogP contribution in [-0.4, -0.2) is 28.6 Å². The third-order valence-corrected chi connectivity index (χ3v) is 16.2. The average molecular weight is 835 g/mol. The van der Waals surface area contributed by atoms with Crippen LogP contribution in [0.5, 0.6) is 0 Å². The molecule has 0 N–H and O–H groups in total. The minimum absolute atomic E-state index is 0.0533. The number of rotatable bonds is 5. The van der Waals surface area contributed by atoms with Crippen molar-refractivity contribution in [1.82, 2.24) is 9.80 Å². The summed E-state index contributed by atoms with van der Waals surface area (Å²) in [6.07, 6.45) is 33.8. The highest BCUT2D eigenvalue weighted by Gasteiger charge is 2.56. The van der Waals surface area contributed by atoms with E-state index in [4.69, 9.17) is 0 Å². The fourth-order valence-corrected chi connectivity index (χ4v) is 12.1. The maximum absolute atomic E-state index is 2.89. The standard InChI is InChI=1S/C60H75BN2/c1-56(2,3)40-24-30-47(31-25-40)62-51-34-28-44(58(7,8)9)36-49(51)61-50-37-45(59(10,11)12)29-35-52(50)63(48-32-26-41(27-33-48)57(4,5)6)54-39-46(38-53(62)55(54)61)60(13,42-20-16-14-17-21-42)43-22-18-15-19-23-43/h14-24,26,28-32,35-37,39-40,46,50-52H,25,27,33-34,38H2,1-13H3. The first-order valence-corrected chi connectivity index (χ1v) is 24.4. The average Bonchev–Trinajstić information content (AvgIpc) is 3.25. The highest BCUT2D eigenvalue weighted by Crippen LogP contribution is 2.59. The molecular formula is C60H75BN2. The number of nitrogens with zero attached hydrogens (tertiary/aromatic N) is 2. The lowest BCUT2D eigenvalue weighted by Gasteiger charge is -2.58. The molecule has 1 saturated heterocycles. The smallest absolute Gasteiger partial charge is 0.221 e. The third kappa shape index (κ3) is 7.72. The summed E-state index contributed by atoms with van der Waals surface area (Å²) in [5.41, 5.74) is 16.5. The summed E-state index contributed by atoms with van der Waals surface area (Å²) in [4.78, 5) is 5.75. The van der Waals surface area contributed by atoms with Crippen LogP contribution < -0.4 is 0 Å². The largest absolute Gasteiger partial charge is 0.339 e. The predicted octanol–water partition coefficient (Wildman–Crippen LogP) is 15.5. The van der Waals surface area contributed by atoms with Crippen LogP contribution in [0.15, 0.2) is 178 Å². The van der Waals surface area contributed by atoms with Gasteiger partial charge < -0.3 is 9.80 Å². The van der Waals surface area contributed by atoms with Crippen molar-refractivity contribution in [1.29, 1.82) is 0 Å². The molecule has 3 heteroatoms. The lowest BCUT2D eigenvalue weighted by Crippen LogP contribution is -2.59. The third-order valence-electron chi connectivity index (χ3n) is 16.2. The van der Waals surface area contributed by atoms with E-state index in [0.717, 1.165) is 32.1 Å². The minimum atomic E-state index is -0.268. The van der Waals surface area contributed by atoms with Gasteiger partial charge in [0.25, 0.3) is 0 Å². The summed E-state index contributed by atoms with van der Waals surface area (Å²) in [5.74, 6) is 1.04. The van der Waals surface area contributed by atoms with Gasteiger partial charge in [-0.05, 0) is 111 Å². The zero-order valence-electron chi connectivity index (χ0n) is 41.0. The maximum atomic E-state index is 2.89. The molecule has 0 aromatic heterocycles. The van der Waals surface area contributed by atoms with E-state index in [2.05, 4.69) is 227 Å². The predicted molar refractivity (Wildman–Crippen MR) is 270 cm³/mol. The van der Waals surface area contributed by atoms with E-state index in [1.807, 2.05) is 0 Å². The van der Waals surface area contributed by atoms with Crippen molar-refractivity contribution in [2.75, 3.05) is 0 Å². The molecule has 7 aliphatic rings. The van der Waals surface area contributed by atoms with Gasteiger partial charge in [0.15, 0.2) is 0 Å². The zero-order chi connectivity index (χ0) is 44.9. The number of hydrogen-bond acceptors (Lipinski definition) is 2. The van der Waals surface area contributed by atoms with Gasteiger partial charge in [0, 0.05) is 28.2 Å². The molecular weight excluding hydrogens is 759 g/mol. The van der Waals surface area contributed by atoms with Crippen molar-refractivity contribution in [3.8, 4) is 0 Å². The Bertz CT molecular complexity index is 2410. The Labute approximate surface area is 382 Å². The van der Waals surface area contributed by atoms with E-state index in [0.29, 0.717) is 11.7 Å².